The smallest absolute Gasteiger partial charge is 0.254 e. The summed E-state index contributed by atoms with van der Waals surface area (Å²) in [6.07, 6.45) is 0.0489. The molecule has 0 bridgehead atoms. The van der Waals surface area contributed by atoms with Crippen molar-refractivity contribution >= 4 is 23.2 Å². The maximum atomic E-state index is 12.3. The van der Waals surface area contributed by atoms with Gasteiger partial charge in [-0.3, -0.25) is 9.59 Å². The van der Waals surface area contributed by atoms with Gasteiger partial charge in [-0.25, -0.2) is 0 Å². The number of thiophene rings is 1. The Balaban J connectivity index is 1.53. The molecular formula is C14H19N3O3S. The van der Waals surface area contributed by atoms with E-state index in [0.717, 1.165) is 5.56 Å². The molecule has 114 valence electrons. The number of hydrogen-bond donors (Lipinski definition) is 2. The van der Waals surface area contributed by atoms with E-state index in [1.807, 2.05) is 16.8 Å². The Hall–Kier alpha value is -1.44. The zero-order valence-electron chi connectivity index (χ0n) is 11.7. The molecule has 21 heavy (non-hydrogen) atoms. The van der Waals surface area contributed by atoms with Crippen LogP contribution >= 0.6 is 11.3 Å². The lowest BCUT2D eigenvalue weighted by molar-refractivity contribution is -0.134. The summed E-state index contributed by atoms with van der Waals surface area (Å²) < 4.78 is 0. The number of aliphatic hydroxyl groups excluding tert-OH is 1. The number of piperazine rings is 1. The van der Waals surface area contributed by atoms with Crippen LogP contribution in [0.3, 0.4) is 0 Å². The second-order valence-corrected chi connectivity index (χ2v) is 6.26. The molecule has 3 heterocycles. The summed E-state index contributed by atoms with van der Waals surface area (Å²) in [5, 5.41) is 16.3. The first-order valence-electron chi connectivity index (χ1n) is 7.17. The molecule has 2 aliphatic heterocycles. The maximum absolute atomic E-state index is 12.3. The third kappa shape index (κ3) is 3.09. The molecule has 1 aromatic heterocycles. The highest BCUT2D eigenvalue weighted by Gasteiger charge is 2.33. The Labute approximate surface area is 127 Å². The van der Waals surface area contributed by atoms with Gasteiger partial charge in [-0.05, 0) is 17.9 Å². The summed E-state index contributed by atoms with van der Waals surface area (Å²) in [6.45, 7) is 2.73. The quantitative estimate of drug-likeness (QED) is 0.790. The van der Waals surface area contributed by atoms with Crippen molar-refractivity contribution in [2.75, 3.05) is 32.7 Å². The highest BCUT2D eigenvalue weighted by atomic mass is 32.1. The highest BCUT2D eigenvalue weighted by molar-refractivity contribution is 7.08. The molecule has 6 nitrogen and oxygen atoms in total. The van der Waals surface area contributed by atoms with Gasteiger partial charge in [-0.1, -0.05) is 0 Å². The van der Waals surface area contributed by atoms with Gasteiger partial charge < -0.3 is 20.2 Å². The standard InChI is InChI=1S/C14H19N3O3S/c18-11-7-12(15-8-11)14(20)17-4-2-16(3-5-17)13(19)10-1-6-21-9-10/h1,6,9,11-12,15,18H,2-5,7-8H2. The fraction of sp³-hybridized carbons (Fsp3) is 0.571. The lowest BCUT2D eigenvalue weighted by atomic mass is 10.1. The minimum absolute atomic E-state index is 0.0363. The van der Waals surface area contributed by atoms with Crippen molar-refractivity contribution in [1.82, 2.24) is 15.1 Å². The number of aliphatic hydroxyl groups is 1. The summed E-state index contributed by atoms with van der Waals surface area (Å²) in [5.41, 5.74) is 0.723. The van der Waals surface area contributed by atoms with Crippen molar-refractivity contribution in [3.8, 4) is 0 Å². The molecule has 0 aliphatic carbocycles. The van der Waals surface area contributed by atoms with Crippen LogP contribution < -0.4 is 5.32 Å². The van der Waals surface area contributed by atoms with Gasteiger partial charge in [0.2, 0.25) is 5.91 Å². The van der Waals surface area contributed by atoms with E-state index in [0.29, 0.717) is 39.1 Å². The van der Waals surface area contributed by atoms with Crippen molar-refractivity contribution in [2.45, 2.75) is 18.6 Å². The van der Waals surface area contributed by atoms with Crippen molar-refractivity contribution in [1.29, 1.82) is 0 Å². The zero-order valence-corrected chi connectivity index (χ0v) is 12.5. The topological polar surface area (TPSA) is 72.9 Å². The predicted molar refractivity (Wildman–Crippen MR) is 79.2 cm³/mol. The second-order valence-electron chi connectivity index (χ2n) is 5.48. The average Bonchev–Trinajstić information content (AvgIpc) is 3.17. The van der Waals surface area contributed by atoms with Gasteiger partial charge in [0.05, 0.1) is 17.7 Å². The number of carbonyl (C=O) groups is 2. The zero-order chi connectivity index (χ0) is 14.8. The molecule has 0 saturated carbocycles. The van der Waals surface area contributed by atoms with Gasteiger partial charge in [0.15, 0.2) is 0 Å². The van der Waals surface area contributed by atoms with Crippen LogP contribution in [0.2, 0.25) is 0 Å². The van der Waals surface area contributed by atoms with E-state index in [4.69, 9.17) is 0 Å². The van der Waals surface area contributed by atoms with E-state index in [-0.39, 0.29) is 17.9 Å². The van der Waals surface area contributed by atoms with Crippen LogP contribution in [0, 0.1) is 0 Å². The number of amides is 2. The van der Waals surface area contributed by atoms with Crippen LogP contribution in [0.25, 0.3) is 0 Å². The van der Waals surface area contributed by atoms with E-state index in [2.05, 4.69) is 5.32 Å². The molecule has 2 aliphatic rings. The van der Waals surface area contributed by atoms with Crippen LogP contribution in [-0.4, -0.2) is 71.6 Å². The first-order valence-corrected chi connectivity index (χ1v) is 8.11. The monoisotopic (exact) mass is 309 g/mol. The summed E-state index contributed by atoms with van der Waals surface area (Å²) in [6, 6.07) is 1.55. The molecule has 1 aromatic rings. The molecule has 2 atom stereocenters. The number of β-amino-alcohol motifs (C(OH)–C–C–N with tert-alkyl or cyclic N) is 1. The number of nitrogens with zero attached hydrogens (tertiary/aromatic N) is 2. The summed E-state index contributed by atoms with van der Waals surface area (Å²) in [7, 11) is 0. The van der Waals surface area contributed by atoms with Crippen molar-refractivity contribution in [3.05, 3.63) is 22.4 Å². The normalized spacial score (nSPS) is 26.1. The van der Waals surface area contributed by atoms with E-state index in [1.165, 1.54) is 11.3 Å². The molecule has 0 aromatic carbocycles. The third-order valence-corrected chi connectivity index (χ3v) is 4.74. The highest BCUT2D eigenvalue weighted by Crippen LogP contribution is 2.14. The van der Waals surface area contributed by atoms with Crippen LogP contribution in [0.1, 0.15) is 16.8 Å². The molecule has 2 N–H and O–H groups in total. The fourth-order valence-corrected chi connectivity index (χ4v) is 3.45. The molecule has 2 amide bonds. The first-order chi connectivity index (χ1) is 10.1. The Morgan fingerprint density at radius 1 is 1.24 bits per heavy atom. The lowest BCUT2D eigenvalue weighted by Gasteiger charge is -2.35. The van der Waals surface area contributed by atoms with Crippen molar-refractivity contribution in [3.63, 3.8) is 0 Å². The molecule has 2 fully saturated rings. The number of hydrogen-bond acceptors (Lipinski definition) is 5. The second kappa shape index (κ2) is 6.13. The molecule has 0 radical (unpaired) electrons. The molecule has 0 spiro atoms. The molecular weight excluding hydrogens is 290 g/mol. The van der Waals surface area contributed by atoms with Gasteiger partial charge >= 0.3 is 0 Å². The Bertz CT molecular complexity index is 512. The summed E-state index contributed by atoms with van der Waals surface area (Å²) in [4.78, 5) is 28.1. The van der Waals surface area contributed by atoms with E-state index >= 15 is 0 Å². The number of rotatable bonds is 2. The van der Waals surface area contributed by atoms with Crippen LogP contribution in [0.15, 0.2) is 16.8 Å². The van der Waals surface area contributed by atoms with E-state index in [9.17, 15) is 14.7 Å². The fourth-order valence-electron chi connectivity index (χ4n) is 2.82. The van der Waals surface area contributed by atoms with Crippen LogP contribution in [0.4, 0.5) is 0 Å². The maximum Gasteiger partial charge on any atom is 0.254 e. The van der Waals surface area contributed by atoms with Gasteiger partial charge in [0.25, 0.3) is 5.91 Å². The molecule has 3 rings (SSSR count). The molecule has 2 unspecified atom stereocenters. The SMILES string of the molecule is O=C(c1ccsc1)N1CCN(C(=O)C2CC(O)CN2)CC1. The van der Waals surface area contributed by atoms with E-state index in [1.54, 1.807) is 9.80 Å². The van der Waals surface area contributed by atoms with E-state index < -0.39 is 6.10 Å². The largest absolute Gasteiger partial charge is 0.392 e. The predicted octanol–water partition coefficient (Wildman–Crippen LogP) is -0.245. The number of carbonyl (C=O) groups excluding carboxylic acids is 2. The minimum atomic E-state index is -0.430. The van der Waals surface area contributed by atoms with Gasteiger partial charge in [-0.15, -0.1) is 0 Å². The molecule has 2 saturated heterocycles. The van der Waals surface area contributed by atoms with Gasteiger partial charge in [0.1, 0.15) is 0 Å². The Morgan fingerprint density at radius 3 is 2.52 bits per heavy atom. The lowest BCUT2D eigenvalue weighted by Crippen LogP contribution is -2.54. The Morgan fingerprint density at radius 2 is 1.95 bits per heavy atom. The third-order valence-electron chi connectivity index (χ3n) is 4.05. The average molecular weight is 309 g/mol. The van der Waals surface area contributed by atoms with Gasteiger partial charge in [0, 0.05) is 38.1 Å². The summed E-state index contributed by atoms with van der Waals surface area (Å²) in [5.74, 6) is 0.0759. The van der Waals surface area contributed by atoms with Crippen LogP contribution in [-0.2, 0) is 4.79 Å². The number of nitrogens with one attached hydrogen (secondary N) is 1. The summed E-state index contributed by atoms with van der Waals surface area (Å²) >= 11 is 1.51. The Kier molecular flexibility index (Phi) is 4.23. The van der Waals surface area contributed by atoms with Gasteiger partial charge in [-0.2, -0.15) is 11.3 Å². The molecule has 7 heteroatoms. The van der Waals surface area contributed by atoms with Crippen molar-refractivity contribution in [2.24, 2.45) is 0 Å². The minimum Gasteiger partial charge on any atom is -0.392 e. The van der Waals surface area contributed by atoms with Crippen LogP contribution in [0.5, 0.6) is 0 Å². The first kappa shape index (κ1) is 14.5. The van der Waals surface area contributed by atoms with Crippen molar-refractivity contribution < 1.29 is 14.7 Å².